The molecule has 38 heavy (non-hydrogen) atoms. The van der Waals surface area contributed by atoms with Crippen LogP contribution in [0.15, 0.2) is 36.9 Å². The van der Waals surface area contributed by atoms with E-state index in [1.807, 2.05) is 0 Å². The maximum atomic E-state index is 13.1. The molecule has 1 fully saturated rings. The summed E-state index contributed by atoms with van der Waals surface area (Å²) in [5.41, 5.74) is 0.954. The number of rotatable bonds is 9. The van der Waals surface area contributed by atoms with E-state index < -0.39 is 11.9 Å². The van der Waals surface area contributed by atoms with Gasteiger partial charge >= 0.3 is 6.18 Å². The van der Waals surface area contributed by atoms with Crippen molar-refractivity contribution < 1.29 is 32.1 Å². The summed E-state index contributed by atoms with van der Waals surface area (Å²) in [6.45, 7) is 0.0437. The molecule has 4 aromatic heterocycles. The molecule has 0 radical (unpaired) electrons. The first kappa shape index (κ1) is 25.2. The number of hydrogen-bond donors (Lipinski definition) is 0. The summed E-state index contributed by atoms with van der Waals surface area (Å²) in [5, 5.41) is 3.56. The fourth-order valence-electron chi connectivity index (χ4n) is 3.72. The second-order valence-electron chi connectivity index (χ2n) is 8.28. The normalized spacial score (nSPS) is 13.3. The lowest BCUT2D eigenvalue weighted by atomic mass is 10.1. The second-order valence-corrected chi connectivity index (χ2v) is 8.28. The van der Waals surface area contributed by atoms with Crippen molar-refractivity contribution >= 4 is 0 Å². The minimum absolute atomic E-state index is 0.0437. The number of alkyl halides is 3. The maximum Gasteiger partial charge on any atom is 0.435 e. The molecule has 4 aromatic rings. The van der Waals surface area contributed by atoms with Crippen LogP contribution in [0.4, 0.5) is 13.2 Å². The molecule has 0 bridgehead atoms. The molecule has 1 saturated carbocycles. The number of hydrogen-bond acceptors (Lipinski definition) is 10. The van der Waals surface area contributed by atoms with E-state index in [2.05, 4.69) is 30.0 Å². The Hall–Kier alpha value is -4.49. The Morgan fingerprint density at radius 3 is 2.39 bits per heavy atom. The highest BCUT2D eigenvalue weighted by Crippen LogP contribution is 2.45. The molecule has 0 N–H and O–H groups in total. The van der Waals surface area contributed by atoms with Crippen molar-refractivity contribution in [2.24, 2.45) is 0 Å². The predicted octanol–water partition coefficient (Wildman–Crippen LogP) is 4.02. The van der Waals surface area contributed by atoms with Crippen LogP contribution in [0, 0.1) is 0 Å². The minimum atomic E-state index is -4.61. The van der Waals surface area contributed by atoms with Gasteiger partial charge in [0.05, 0.1) is 33.2 Å². The van der Waals surface area contributed by atoms with Gasteiger partial charge in [0.15, 0.2) is 23.1 Å². The molecule has 1 aliphatic carbocycles. The van der Waals surface area contributed by atoms with Crippen LogP contribution in [0.3, 0.4) is 0 Å². The number of ether oxygens (including phenoxy) is 4. The molecule has 5 rings (SSSR count). The summed E-state index contributed by atoms with van der Waals surface area (Å²) in [5.74, 6) is 1.52. The van der Waals surface area contributed by atoms with E-state index in [1.165, 1.54) is 46.1 Å². The first-order valence-corrected chi connectivity index (χ1v) is 11.4. The highest BCUT2D eigenvalue weighted by molar-refractivity contribution is 5.66. The molecule has 0 saturated heterocycles. The van der Waals surface area contributed by atoms with Gasteiger partial charge < -0.3 is 18.9 Å². The third-order valence-corrected chi connectivity index (χ3v) is 5.74. The third kappa shape index (κ3) is 5.01. The molecule has 0 unspecified atom stereocenters. The molecule has 0 aliphatic heterocycles. The zero-order chi connectivity index (χ0) is 26.9. The summed E-state index contributed by atoms with van der Waals surface area (Å²) in [7, 11) is 4.24. The van der Waals surface area contributed by atoms with Crippen LogP contribution in [0.5, 0.6) is 23.4 Å². The smallest absolute Gasteiger partial charge is 0.435 e. The standard InChI is InChI=1S/C24H22F3N7O4/c1-35-15-10-29-21(19-20(14-5-6-14)30-12-31-23(19)37-3)32-22(15)38-11-13-4-7-17(28-9-13)34-18(36-2)8-16(33-34)24(25,26)27/h4,7-10,12,14H,5-6,11H2,1-3H3. The lowest BCUT2D eigenvalue weighted by Crippen LogP contribution is -2.08. The quantitative estimate of drug-likeness (QED) is 0.315. The van der Waals surface area contributed by atoms with Crippen LogP contribution >= 0.6 is 0 Å². The van der Waals surface area contributed by atoms with Gasteiger partial charge in [-0.15, -0.1) is 0 Å². The van der Waals surface area contributed by atoms with Gasteiger partial charge in [-0.2, -0.15) is 27.9 Å². The first-order valence-electron chi connectivity index (χ1n) is 11.4. The number of pyridine rings is 1. The summed E-state index contributed by atoms with van der Waals surface area (Å²) in [6, 6.07) is 3.95. The van der Waals surface area contributed by atoms with Crippen LogP contribution in [0.1, 0.15) is 35.7 Å². The highest BCUT2D eigenvalue weighted by atomic mass is 19.4. The minimum Gasteiger partial charge on any atom is -0.490 e. The zero-order valence-electron chi connectivity index (χ0n) is 20.6. The van der Waals surface area contributed by atoms with E-state index >= 15 is 0 Å². The number of aromatic nitrogens is 7. The molecule has 4 heterocycles. The van der Waals surface area contributed by atoms with E-state index in [4.69, 9.17) is 18.9 Å². The summed E-state index contributed by atoms with van der Waals surface area (Å²) in [6.07, 6.45) is 1.81. The predicted molar refractivity (Wildman–Crippen MR) is 125 cm³/mol. The Morgan fingerprint density at radius 1 is 0.947 bits per heavy atom. The van der Waals surface area contributed by atoms with Crippen LogP contribution in [-0.4, -0.2) is 56.0 Å². The molecule has 1 aliphatic rings. The van der Waals surface area contributed by atoms with Crippen LogP contribution in [-0.2, 0) is 12.8 Å². The summed E-state index contributed by atoms with van der Waals surface area (Å²) >= 11 is 0. The monoisotopic (exact) mass is 529 g/mol. The van der Waals surface area contributed by atoms with Crippen molar-refractivity contribution in [2.75, 3.05) is 21.3 Å². The largest absolute Gasteiger partial charge is 0.490 e. The Kier molecular flexibility index (Phi) is 6.70. The molecule has 0 amide bonds. The lowest BCUT2D eigenvalue weighted by Gasteiger charge is -2.13. The summed E-state index contributed by atoms with van der Waals surface area (Å²) in [4.78, 5) is 21.8. The summed E-state index contributed by atoms with van der Waals surface area (Å²) < 4.78 is 61.9. The van der Waals surface area contributed by atoms with Gasteiger partial charge in [-0.1, -0.05) is 6.07 Å². The van der Waals surface area contributed by atoms with E-state index in [-0.39, 0.29) is 24.2 Å². The first-order chi connectivity index (χ1) is 18.3. The Labute approximate surface area is 214 Å². The molecule has 14 heteroatoms. The zero-order valence-corrected chi connectivity index (χ0v) is 20.6. The molecular formula is C24H22F3N7O4. The van der Waals surface area contributed by atoms with Crippen molar-refractivity contribution in [3.05, 3.63) is 53.9 Å². The highest BCUT2D eigenvalue weighted by Gasteiger charge is 2.36. The molecule has 0 atom stereocenters. The van der Waals surface area contributed by atoms with Gasteiger partial charge in [-0.25, -0.2) is 19.9 Å². The van der Waals surface area contributed by atoms with Gasteiger partial charge in [0.2, 0.25) is 11.8 Å². The average molecular weight is 529 g/mol. The Morgan fingerprint density at radius 2 is 1.76 bits per heavy atom. The molecule has 198 valence electrons. The van der Waals surface area contributed by atoms with Gasteiger partial charge in [-0.3, -0.25) is 0 Å². The Bertz CT molecular complexity index is 1440. The van der Waals surface area contributed by atoms with Gasteiger partial charge in [-0.05, 0) is 18.9 Å². The van der Waals surface area contributed by atoms with Crippen molar-refractivity contribution in [3.63, 3.8) is 0 Å². The van der Waals surface area contributed by atoms with Gasteiger partial charge in [0.1, 0.15) is 18.5 Å². The fourth-order valence-corrected chi connectivity index (χ4v) is 3.72. The maximum absolute atomic E-state index is 13.1. The SMILES string of the molecule is COc1cnc(-c2c(OC)ncnc2C2CC2)nc1OCc1ccc(-n2nc(C(F)(F)F)cc2OC)nc1. The lowest BCUT2D eigenvalue weighted by molar-refractivity contribution is -0.141. The third-order valence-electron chi connectivity index (χ3n) is 5.74. The van der Waals surface area contributed by atoms with Crippen molar-refractivity contribution in [2.45, 2.75) is 31.5 Å². The van der Waals surface area contributed by atoms with E-state index in [1.54, 1.807) is 6.07 Å². The van der Waals surface area contributed by atoms with Crippen molar-refractivity contribution in [1.29, 1.82) is 0 Å². The number of methoxy groups -OCH3 is 3. The van der Waals surface area contributed by atoms with E-state index in [0.29, 0.717) is 34.5 Å². The second kappa shape index (κ2) is 10.1. The molecule has 11 nitrogen and oxygen atoms in total. The van der Waals surface area contributed by atoms with Gasteiger partial charge in [0, 0.05) is 23.7 Å². The number of nitrogens with zero attached hydrogens (tertiary/aromatic N) is 7. The topological polar surface area (TPSA) is 119 Å². The van der Waals surface area contributed by atoms with Crippen molar-refractivity contribution in [3.8, 4) is 40.6 Å². The Balaban J connectivity index is 1.38. The molecule has 0 spiro atoms. The average Bonchev–Trinajstić information content (AvgIpc) is 3.68. The molecular weight excluding hydrogens is 507 g/mol. The van der Waals surface area contributed by atoms with Crippen LogP contribution in [0.2, 0.25) is 0 Å². The van der Waals surface area contributed by atoms with E-state index in [9.17, 15) is 13.2 Å². The van der Waals surface area contributed by atoms with Gasteiger partial charge in [0.25, 0.3) is 5.88 Å². The molecule has 0 aromatic carbocycles. The number of halogens is 3. The van der Waals surface area contributed by atoms with Crippen LogP contribution < -0.4 is 18.9 Å². The van der Waals surface area contributed by atoms with E-state index in [0.717, 1.165) is 29.3 Å². The van der Waals surface area contributed by atoms with Crippen molar-refractivity contribution in [1.82, 2.24) is 34.7 Å². The fraction of sp³-hybridized carbons (Fsp3) is 0.333. The van der Waals surface area contributed by atoms with Crippen LogP contribution in [0.25, 0.3) is 17.2 Å².